The third kappa shape index (κ3) is 2.15. The van der Waals surface area contributed by atoms with Crippen molar-refractivity contribution >= 4 is 17.6 Å². The van der Waals surface area contributed by atoms with Gasteiger partial charge in [-0.2, -0.15) is 5.10 Å². The minimum absolute atomic E-state index is 0.330. The largest absolute Gasteiger partial charge is 0.454 e. The molecule has 0 radical (unpaired) electrons. The lowest BCUT2D eigenvalue weighted by molar-refractivity contribution is -0.139. The van der Waals surface area contributed by atoms with Gasteiger partial charge in [-0.25, -0.2) is 4.79 Å². The zero-order valence-corrected chi connectivity index (χ0v) is 10.8. The monoisotopic (exact) mass is 274 g/mol. The van der Waals surface area contributed by atoms with Crippen LogP contribution in [0.15, 0.2) is 42.7 Å². The lowest BCUT2D eigenvalue weighted by Gasteiger charge is -2.14. The molecule has 19 heavy (non-hydrogen) atoms. The Morgan fingerprint density at radius 2 is 2.32 bits per heavy atom. The molecule has 4 nitrogen and oxygen atoms in total. The van der Waals surface area contributed by atoms with Gasteiger partial charge < -0.3 is 4.74 Å². The fraction of sp³-hybridized carbons (Fsp3) is 0.143. The van der Waals surface area contributed by atoms with Crippen LogP contribution in [0.3, 0.4) is 0 Å². The van der Waals surface area contributed by atoms with E-state index in [-0.39, 0.29) is 12.1 Å². The van der Waals surface area contributed by atoms with Crippen LogP contribution in [0.2, 0.25) is 5.02 Å². The number of carbonyl (C=O) groups excluding carboxylic acids is 1. The van der Waals surface area contributed by atoms with Crippen LogP contribution in [0.25, 0.3) is 11.1 Å². The summed E-state index contributed by atoms with van der Waals surface area (Å²) in [5.41, 5.74) is 3.25. The quantitative estimate of drug-likeness (QED) is 0.675. The van der Waals surface area contributed by atoms with E-state index in [9.17, 15) is 4.79 Å². The molecule has 0 unspecified atom stereocenters. The van der Waals surface area contributed by atoms with Crippen molar-refractivity contribution in [3.05, 3.63) is 53.3 Å². The number of nitrogens with zero attached hydrogens (tertiary/aromatic N) is 1. The summed E-state index contributed by atoms with van der Waals surface area (Å²) in [5.74, 6) is -0.344. The first-order chi connectivity index (χ1) is 9.15. The molecule has 1 aromatic carbocycles. The van der Waals surface area contributed by atoms with E-state index in [4.69, 9.17) is 16.3 Å². The highest BCUT2D eigenvalue weighted by molar-refractivity contribution is 6.30. The molecule has 0 aliphatic carbocycles. The van der Waals surface area contributed by atoms with E-state index >= 15 is 0 Å². The first kappa shape index (κ1) is 12.0. The summed E-state index contributed by atoms with van der Waals surface area (Å²) in [6, 6.07) is 5.52. The van der Waals surface area contributed by atoms with Crippen molar-refractivity contribution in [3.8, 4) is 11.1 Å². The molecule has 0 amide bonds. The molecule has 2 aromatic rings. The minimum Gasteiger partial charge on any atom is -0.454 e. The second kappa shape index (κ2) is 4.55. The summed E-state index contributed by atoms with van der Waals surface area (Å²) >= 11 is 6.04. The highest BCUT2D eigenvalue weighted by Crippen LogP contribution is 2.38. The molecule has 0 spiro atoms. The number of esters is 1. The summed E-state index contributed by atoms with van der Waals surface area (Å²) in [6.07, 6.45) is 3.67. The predicted octanol–water partition coefficient (Wildman–Crippen LogP) is 3.27. The van der Waals surface area contributed by atoms with Gasteiger partial charge in [0.05, 0.1) is 6.20 Å². The Hall–Kier alpha value is -2.07. The van der Waals surface area contributed by atoms with Crippen LogP contribution in [0, 0.1) is 0 Å². The number of hydrogen-bond donors (Lipinski definition) is 1. The van der Waals surface area contributed by atoms with E-state index in [0.29, 0.717) is 17.0 Å². The van der Waals surface area contributed by atoms with Crippen LogP contribution >= 0.6 is 11.6 Å². The summed E-state index contributed by atoms with van der Waals surface area (Å²) < 4.78 is 5.33. The van der Waals surface area contributed by atoms with E-state index in [1.165, 1.54) is 0 Å². The van der Waals surface area contributed by atoms with Crippen LogP contribution < -0.4 is 0 Å². The van der Waals surface area contributed by atoms with Gasteiger partial charge in [0.1, 0.15) is 6.10 Å². The molecule has 0 bridgehead atoms. The van der Waals surface area contributed by atoms with Crippen molar-refractivity contribution in [2.24, 2.45) is 0 Å². The average molecular weight is 275 g/mol. The maximum atomic E-state index is 11.5. The number of carbonyl (C=O) groups is 1. The third-order valence-electron chi connectivity index (χ3n) is 3.14. The number of hydrogen-bond acceptors (Lipinski definition) is 3. The van der Waals surface area contributed by atoms with E-state index in [1.54, 1.807) is 18.5 Å². The predicted molar refractivity (Wildman–Crippen MR) is 71.6 cm³/mol. The Labute approximate surface area is 115 Å². The number of halogens is 1. The second-order valence-corrected chi connectivity index (χ2v) is 4.86. The Balaban J connectivity index is 2.07. The molecule has 1 atom stereocenters. The normalized spacial score (nSPS) is 18.7. The van der Waals surface area contributed by atoms with Gasteiger partial charge in [-0.05, 0) is 17.7 Å². The van der Waals surface area contributed by atoms with Crippen LogP contribution in [0.5, 0.6) is 0 Å². The van der Waals surface area contributed by atoms with Crippen molar-refractivity contribution in [3.63, 3.8) is 0 Å². The number of ether oxygens (including phenoxy) is 1. The highest BCUT2D eigenvalue weighted by atomic mass is 35.5. The molecule has 1 saturated heterocycles. The van der Waals surface area contributed by atoms with Gasteiger partial charge in [-0.3, -0.25) is 5.10 Å². The number of aromatic amines is 1. The zero-order valence-electron chi connectivity index (χ0n) is 10.0. The number of benzene rings is 1. The molecule has 1 aliphatic rings. The number of rotatable bonds is 2. The van der Waals surface area contributed by atoms with Gasteiger partial charge in [0.15, 0.2) is 0 Å². The van der Waals surface area contributed by atoms with Gasteiger partial charge in [0.2, 0.25) is 0 Å². The SMILES string of the molecule is C=C1C[C@H](c2cc(Cl)ccc2-c2cn[nH]c2)OC1=O. The third-order valence-corrected chi connectivity index (χ3v) is 3.37. The fourth-order valence-electron chi connectivity index (χ4n) is 2.20. The van der Waals surface area contributed by atoms with Crippen molar-refractivity contribution in [1.82, 2.24) is 10.2 Å². The Morgan fingerprint density at radius 3 is 2.95 bits per heavy atom. The van der Waals surface area contributed by atoms with Gasteiger partial charge in [-0.15, -0.1) is 0 Å². The summed E-state index contributed by atoms with van der Waals surface area (Å²) in [5, 5.41) is 7.31. The molecule has 0 saturated carbocycles. The summed E-state index contributed by atoms with van der Waals surface area (Å²) in [4.78, 5) is 11.5. The first-order valence-corrected chi connectivity index (χ1v) is 6.20. The fourth-order valence-corrected chi connectivity index (χ4v) is 2.38. The highest BCUT2D eigenvalue weighted by Gasteiger charge is 2.30. The van der Waals surface area contributed by atoms with Crippen LogP contribution in [0.1, 0.15) is 18.1 Å². The van der Waals surface area contributed by atoms with E-state index < -0.39 is 0 Å². The molecule has 1 aromatic heterocycles. The van der Waals surface area contributed by atoms with E-state index in [1.807, 2.05) is 12.1 Å². The van der Waals surface area contributed by atoms with E-state index in [2.05, 4.69) is 16.8 Å². The number of aromatic nitrogens is 2. The van der Waals surface area contributed by atoms with Crippen LogP contribution in [-0.4, -0.2) is 16.2 Å². The lowest BCUT2D eigenvalue weighted by atomic mass is 9.96. The van der Waals surface area contributed by atoms with E-state index in [0.717, 1.165) is 16.7 Å². The maximum absolute atomic E-state index is 11.5. The number of nitrogens with one attached hydrogen (secondary N) is 1. The molecule has 5 heteroatoms. The second-order valence-electron chi connectivity index (χ2n) is 4.42. The molecule has 1 aliphatic heterocycles. The summed E-state index contributed by atoms with van der Waals surface area (Å²) in [6.45, 7) is 3.70. The van der Waals surface area contributed by atoms with Crippen molar-refractivity contribution in [2.45, 2.75) is 12.5 Å². The maximum Gasteiger partial charge on any atom is 0.334 e. The van der Waals surface area contributed by atoms with Gasteiger partial charge in [0.25, 0.3) is 0 Å². The molecule has 1 fully saturated rings. The van der Waals surface area contributed by atoms with Crippen LogP contribution in [0.4, 0.5) is 0 Å². The van der Waals surface area contributed by atoms with Gasteiger partial charge in [0, 0.05) is 34.3 Å². The number of H-pyrrole nitrogens is 1. The number of cyclic esters (lactones) is 1. The first-order valence-electron chi connectivity index (χ1n) is 5.82. The molecule has 2 heterocycles. The Bertz CT molecular complexity index is 633. The van der Waals surface area contributed by atoms with Crippen molar-refractivity contribution in [1.29, 1.82) is 0 Å². The van der Waals surface area contributed by atoms with Crippen molar-refractivity contribution < 1.29 is 9.53 Å². The Morgan fingerprint density at radius 1 is 1.47 bits per heavy atom. The van der Waals surface area contributed by atoms with Gasteiger partial charge in [-0.1, -0.05) is 24.2 Å². The topological polar surface area (TPSA) is 55.0 Å². The molecule has 1 N–H and O–H groups in total. The molecule has 96 valence electrons. The lowest BCUT2D eigenvalue weighted by Crippen LogP contribution is -2.00. The van der Waals surface area contributed by atoms with Crippen molar-refractivity contribution in [2.75, 3.05) is 0 Å². The standard InChI is InChI=1S/C14H11ClN2O2/c1-8-4-13(19-14(8)18)12-5-10(15)2-3-11(12)9-6-16-17-7-9/h2-3,5-7,13H,1,4H2,(H,16,17)/t13-/m1/s1. The minimum atomic E-state index is -0.344. The Kier molecular flexibility index (Phi) is 2.87. The smallest absolute Gasteiger partial charge is 0.334 e. The molecular weight excluding hydrogens is 264 g/mol. The van der Waals surface area contributed by atoms with Gasteiger partial charge >= 0.3 is 5.97 Å². The molecular formula is C14H11ClN2O2. The average Bonchev–Trinajstić information content (AvgIpc) is 3.00. The van der Waals surface area contributed by atoms with Crippen LogP contribution in [-0.2, 0) is 9.53 Å². The zero-order chi connectivity index (χ0) is 13.4. The molecule has 3 rings (SSSR count). The summed E-state index contributed by atoms with van der Waals surface area (Å²) in [7, 11) is 0.